The van der Waals surface area contributed by atoms with Crippen molar-refractivity contribution in [1.82, 2.24) is 0 Å². The van der Waals surface area contributed by atoms with Gasteiger partial charge in [0.25, 0.3) is 0 Å². The summed E-state index contributed by atoms with van der Waals surface area (Å²) in [4.78, 5) is 16.5. The molecule has 0 aliphatic carbocycles. The fourth-order valence-corrected chi connectivity index (χ4v) is 1.65. The molecule has 3 heteroatoms. The Hall–Kier alpha value is -2.42. The van der Waals surface area contributed by atoms with E-state index in [1.165, 1.54) is 0 Å². The Labute approximate surface area is 112 Å². The second-order valence-corrected chi connectivity index (χ2v) is 4.17. The molecule has 0 amide bonds. The van der Waals surface area contributed by atoms with Gasteiger partial charge in [0.15, 0.2) is 0 Å². The lowest BCUT2D eigenvalue weighted by Gasteiger charge is -2.01. The smallest absolute Gasteiger partial charge is 0.318 e. The van der Waals surface area contributed by atoms with Crippen molar-refractivity contribution in [1.29, 1.82) is 0 Å². The van der Waals surface area contributed by atoms with E-state index in [-0.39, 0.29) is 12.4 Å². The first-order chi connectivity index (χ1) is 9.25. The molecule has 0 radical (unpaired) electrons. The van der Waals surface area contributed by atoms with Gasteiger partial charge in [-0.05, 0) is 18.1 Å². The SMILES string of the molecule is C/C(=N\OC(=O)Cc1ccccc1)c1ccccc1. The second-order valence-electron chi connectivity index (χ2n) is 4.17. The van der Waals surface area contributed by atoms with Gasteiger partial charge in [-0.25, -0.2) is 4.79 Å². The summed E-state index contributed by atoms with van der Waals surface area (Å²) in [6.45, 7) is 1.81. The Morgan fingerprint density at radius 3 is 2.21 bits per heavy atom. The lowest BCUT2D eigenvalue weighted by Crippen LogP contribution is -2.06. The van der Waals surface area contributed by atoms with E-state index < -0.39 is 0 Å². The van der Waals surface area contributed by atoms with Crippen molar-refractivity contribution in [2.75, 3.05) is 0 Å². The second kappa shape index (κ2) is 6.50. The number of nitrogens with zero attached hydrogens (tertiary/aromatic N) is 1. The van der Waals surface area contributed by atoms with Gasteiger partial charge in [0, 0.05) is 0 Å². The summed E-state index contributed by atoms with van der Waals surface area (Å²) in [5.74, 6) is -0.360. The van der Waals surface area contributed by atoms with Crippen LogP contribution in [0.1, 0.15) is 18.1 Å². The number of benzene rings is 2. The summed E-state index contributed by atoms with van der Waals surface area (Å²) in [7, 11) is 0. The molecule has 3 nitrogen and oxygen atoms in total. The molecular weight excluding hydrogens is 238 g/mol. The van der Waals surface area contributed by atoms with E-state index >= 15 is 0 Å². The first kappa shape index (κ1) is 13.0. The Morgan fingerprint density at radius 2 is 1.58 bits per heavy atom. The van der Waals surface area contributed by atoms with Crippen molar-refractivity contribution >= 4 is 11.7 Å². The van der Waals surface area contributed by atoms with Crippen LogP contribution in [-0.2, 0) is 16.1 Å². The third-order valence-corrected chi connectivity index (χ3v) is 2.67. The average Bonchev–Trinajstić information content (AvgIpc) is 2.47. The Morgan fingerprint density at radius 1 is 1.00 bits per heavy atom. The number of hydrogen-bond acceptors (Lipinski definition) is 3. The largest absolute Gasteiger partial charge is 0.339 e. The molecule has 0 atom stereocenters. The standard InChI is InChI=1S/C16H15NO2/c1-13(15-10-6-3-7-11-15)17-19-16(18)12-14-8-4-2-5-9-14/h2-11H,12H2,1H3/b17-13+. The molecular formula is C16H15NO2. The molecule has 2 aromatic rings. The van der Waals surface area contributed by atoms with Crippen LogP contribution < -0.4 is 0 Å². The fraction of sp³-hybridized carbons (Fsp3) is 0.125. The van der Waals surface area contributed by atoms with Crippen LogP contribution in [0.4, 0.5) is 0 Å². The predicted molar refractivity (Wildman–Crippen MR) is 74.9 cm³/mol. The Kier molecular flexibility index (Phi) is 4.45. The highest BCUT2D eigenvalue weighted by molar-refractivity contribution is 5.98. The van der Waals surface area contributed by atoms with Crippen molar-refractivity contribution in [2.45, 2.75) is 13.3 Å². The van der Waals surface area contributed by atoms with Gasteiger partial charge in [-0.3, -0.25) is 0 Å². The van der Waals surface area contributed by atoms with E-state index in [2.05, 4.69) is 5.16 Å². The zero-order valence-corrected chi connectivity index (χ0v) is 10.7. The summed E-state index contributed by atoms with van der Waals surface area (Å²) in [5.41, 5.74) is 2.54. The van der Waals surface area contributed by atoms with Crippen LogP contribution in [-0.4, -0.2) is 11.7 Å². The molecule has 0 N–H and O–H groups in total. The first-order valence-electron chi connectivity index (χ1n) is 6.09. The number of rotatable bonds is 4. The zero-order valence-electron chi connectivity index (χ0n) is 10.7. The maximum atomic E-state index is 11.6. The molecule has 2 aromatic carbocycles. The Balaban J connectivity index is 1.93. The lowest BCUT2D eigenvalue weighted by atomic mass is 10.1. The fourth-order valence-electron chi connectivity index (χ4n) is 1.65. The van der Waals surface area contributed by atoms with E-state index in [1.54, 1.807) is 0 Å². The molecule has 96 valence electrons. The van der Waals surface area contributed by atoms with Gasteiger partial charge in [-0.2, -0.15) is 0 Å². The van der Waals surface area contributed by atoms with Crippen molar-refractivity contribution in [2.24, 2.45) is 5.16 Å². The van der Waals surface area contributed by atoms with Crippen LogP contribution in [0.3, 0.4) is 0 Å². The van der Waals surface area contributed by atoms with Crippen molar-refractivity contribution in [3.63, 3.8) is 0 Å². The van der Waals surface area contributed by atoms with Crippen LogP contribution in [0.25, 0.3) is 0 Å². The summed E-state index contributed by atoms with van der Waals surface area (Å²) >= 11 is 0. The predicted octanol–water partition coefficient (Wildman–Crippen LogP) is 3.20. The van der Waals surface area contributed by atoms with Gasteiger partial charge in [0.2, 0.25) is 0 Å². The van der Waals surface area contributed by atoms with Crippen molar-refractivity contribution in [3.05, 3.63) is 71.8 Å². The molecule has 0 spiro atoms. The maximum absolute atomic E-state index is 11.6. The number of carbonyl (C=O) groups excluding carboxylic acids is 1. The molecule has 0 aliphatic rings. The van der Waals surface area contributed by atoms with Crippen molar-refractivity contribution in [3.8, 4) is 0 Å². The normalized spacial score (nSPS) is 11.1. The molecule has 0 saturated carbocycles. The Bertz CT molecular complexity index is 562. The van der Waals surface area contributed by atoms with Gasteiger partial charge in [-0.1, -0.05) is 65.8 Å². The molecule has 0 fully saturated rings. The third-order valence-electron chi connectivity index (χ3n) is 2.67. The van der Waals surface area contributed by atoms with Gasteiger partial charge >= 0.3 is 5.97 Å². The molecule has 0 bridgehead atoms. The molecule has 0 saturated heterocycles. The topological polar surface area (TPSA) is 38.7 Å². The monoisotopic (exact) mass is 253 g/mol. The highest BCUT2D eigenvalue weighted by Crippen LogP contribution is 2.03. The number of oxime groups is 1. The van der Waals surface area contributed by atoms with E-state index in [1.807, 2.05) is 67.6 Å². The minimum atomic E-state index is -0.360. The van der Waals surface area contributed by atoms with Gasteiger partial charge in [-0.15, -0.1) is 0 Å². The maximum Gasteiger partial charge on any atom is 0.339 e. The summed E-state index contributed by atoms with van der Waals surface area (Å²) in [6, 6.07) is 19.1. The summed E-state index contributed by atoms with van der Waals surface area (Å²) in [6.07, 6.45) is 0.229. The minimum absolute atomic E-state index is 0.229. The van der Waals surface area contributed by atoms with Crippen molar-refractivity contribution < 1.29 is 9.63 Å². The van der Waals surface area contributed by atoms with Crippen LogP contribution in [0.15, 0.2) is 65.8 Å². The number of carbonyl (C=O) groups is 1. The third kappa shape index (κ3) is 4.07. The highest BCUT2D eigenvalue weighted by atomic mass is 16.7. The van der Waals surface area contributed by atoms with E-state index in [0.717, 1.165) is 11.1 Å². The zero-order chi connectivity index (χ0) is 13.5. The minimum Gasteiger partial charge on any atom is -0.318 e. The molecule has 0 aromatic heterocycles. The highest BCUT2D eigenvalue weighted by Gasteiger charge is 2.05. The van der Waals surface area contributed by atoms with Crippen LogP contribution >= 0.6 is 0 Å². The molecule has 19 heavy (non-hydrogen) atoms. The molecule has 0 heterocycles. The van der Waals surface area contributed by atoms with E-state index in [9.17, 15) is 4.79 Å². The van der Waals surface area contributed by atoms with Gasteiger partial charge < -0.3 is 4.84 Å². The summed E-state index contributed by atoms with van der Waals surface area (Å²) < 4.78 is 0. The average molecular weight is 253 g/mol. The summed E-state index contributed by atoms with van der Waals surface area (Å²) in [5, 5.41) is 3.86. The van der Waals surface area contributed by atoms with E-state index in [0.29, 0.717) is 5.71 Å². The van der Waals surface area contributed by atoms with Gasteiger partial charge in [0.1, 0.15) is 0 Å². The van der Waals surface area contributed by atoms with E-state index in [4.69, 9.17) is 4.84 Å². The molecule has 2 rings (SSSR count). The first-order valence-corrected chi connectivity index (χ1v) is 6.09. The molecule has 0 unspecified atom stereocenters. The van der Waals surface area contributed by atoms with Crippen LogP contribution in [0.2, 0.25) is 0 Å². The molecule has 0 aliphatic heterocycles. The van der Waals surface area contributed by atoms with Gasteiger partial charge in [0.05, 0.1) is 12.1 Å². The number of hydrogen-bond donors (Lipinski definition) is 0. The lowest BCUT2D eigenvalue weighted by molar-refractivity contribution is -0.142. The quantitative estimate of drug-likeness (QED) is 0.477. The van der Waals surface area contributed by atoms with Crippen LogP contribution in [0.5, 0.6) is 0 Å². The van der Waals surface area contributed by atoms with Crippen LogP contribution in [0, 0.1) is 0 Å².